The Morgan fingerprint density at radius 3 is 2.92 bits per heavy atom. The maximum absolute atomic E-state index is 12.3. The lowest BCUT2D eigenvalue weighted by molar-refractivity contribution is -0.138. The van der Waals surface area contributed by atoms with E-state index in [0.717, 1.165) is 6.42 Å². The van der Waals surface area contributed by atoms with E-state index in [1.54, 1.807) is 13.0 Å². The fourth-order valence-corrected chi connectivity index (χ4v) is 3.48. The van der Waals surface area contributed by atoms with Gasteiger partial charge in [-0.2, -0.15) is 5.06 Å². The molecule has 0 aromatic heterocycles. The lowest BCUT2D eigenvalue weighted by Crippen LogP contribution is -2.50. The number of carboxylic acid groups (broad SMARTS) is 1. The van der Waals surface area contributed by atoms with Crippen LogP contribution in [0.15, 0.2) is 11.6 Å². The van der Waals surface area contributed by atoms with Gasteiger partial charge in [0, 0.05) is 6.54 Å². The van der Waals surface area contributed by atoms with Crippen molar-refractivity contribution in [3.63, 3.8) is 0 Å². The summed E-state index contributed by atoms with van der Waals surface area (Å²) in [5.41, 5.74) is 2.94. The number of urea groups is 1. The monoisotopic (exact) mass is 340 g/mol. The molecule has 3 rings (SSSR count). The molecular weight excluding hydrogens is 320 g/mol. The summed E-state index contributed by atoms with van der Waals surface area (Å²) in [6.45, 7) is 2.45. The number of carbonyl (C=O) groups is 3. The molecule has 0 aromatic rings. The number of carbonyl (C=O) groups excluding carboxylic acids is 2. The van der Waals surface area contributed by atoms with Crippen molar-refractivity contribution in [2.24, 2.45) is 0 Å². The predicted octanol–water partition coefficient (Wildman–Crippen LogP) is 0.000500. The highest BCUT2D eigenvalue weighted by atomic mass is 16.7. The van der Waals surface area contributed by atoms with Crippen molar-refractivity contribution in [2.75, 3.05) is 19.7 Å². The summed E-state index contributed by atoms with van der Waals surface area (Å²) < 4.78 is 0. The van der Waals surface area contributed by atoms with Gasteiger partial charge in [-0.1, -0.05) is 6.08 Å². The zero-order valence-corrected chi connectivity index (χ0v) is 13.2. The Bertz CT molecular complexity index is 594. The Morgan fingerprint density at radius 2 is 2.21 bits per heavy atom. The Kier molecular flexibility index (Phi) is 4.33. The smallest absolute Gasteiger partial charge is 0.407 e. The second-order valence-electron chi connectivity index (χ2n) is 6.21. The molecule has 2 fully saturated rings. The highest BCUT2D eigenvalue weighted by Crippen LogP contribution is 2.28. The molecule has 0 radical (unpaired) electrons. The van der Waals surface area contributed by atoms with Crippen LogP contribution in [0.1, 0.15) is 19.8 Å². The third-order valence-electron chi connectivity index (χ3n) is 4.66. The number of amides is 4. The maximum Gasteiger partial charge on any atom is 0.407 e. The average Bonchev–Trinajstić information content (AvgIpc) is 3.08. The molecule has 3 heterocycles. The van der Waals surface area contributed by atoms with E-state index in [1.165, 1.54) is 9.80 Å². The molecule has 2 bridgehead atoms. The SMILES string of the molecule is CC1=C[C@@H]2CN(C(=O)N2O)[C@@H]1C(=O)NOC[C@@H]1CCCN1C(=O)O. The molecule has 3 aliphatic rings. The Morgan fingerprint density at radius 1 is 1.46 bits per heavy atom. The number of rotatable bonds is 4. The van der Waals surface area contributed by atoms with E-state index in [2.05, 4.69) is 5.48 Å². The van der Waals surface area contributed by atoms with Crippen molar-refractivity contribution in [3.05, 3.63) is 11.6 Å². The minimum atomic E-state index is -1.00. The second kappa shape index (κ2) is 6.29. The number of hydrogen-bond acceptors (Lipinski definition) is 5. The van der Waals surface area contributed by atoms with Crippen LogP contribution >= 0.6 is 0 Å². The molecule has 2 saturated heterocycles. The standard InChI is InChI=1S/C14H20N4O6/c1-8-5-10-6-17(13(20)18(10)23)11(8)12(19)15-24-7-9-3-2-4-16(9)14(21)22/h5,9-11,23H,2-4,6-7H2,1H3,(H,15,19)(H,21,22)/t9-,10+,11-/m0/s1. The maximum atomic E-state index is 12.3. The van der Waals surface area contributed by atoms with Gasteiger partial charge >= 0.3 is 12.1 Å². The van der Waals surface area contributed by atoms with Crippen LogP contribution in [0.25, 0.3) is 0 Å². The third kappa shape index (κ3) is 2.78. The normalized spacial score (nSPS) is 29.1. The van der Waals surface area contributed by atoms with E-state index in [-0.39, 0.29) is 19.2 Å². The molecule has 10 nitrogen and oxygen atoms in total. The molecule has 0 spiro atoms. The summed E-state index contributed by atoms with van der Waals surface area (Å²) in [5.74, 6) is -0.522. The summed E-state index contributed by atoms with van der Waals surface area (Å²) in [5, 5.41) is 19.3. The highest BCUT2D eigenvalue weighted by molar-refractivity contribution is 5.91. The molecule has 3 atom stereocenters. The first-order valence-corrected chi connectivity index (χ1v) is 7.78. The number of nitrogens with one attached hydrogen (secondary N) is 1. The summed E-state index contributed by atoms with van der Waals surface area (Å²) >= 11 is 0. The van der Waals surface area contributed by atoms with Crippen molar-refractivity contribution >= 4 is 18.0 Å². The van der Waals surface area contributed by atoms with Gasteiger partial charge in [0.2, 0.25) is 0 Å². The van der Waals surface area contributed by atoms with Gasteiger partial charge in [-0.25, -0.2) is 15.1 Å². The zero-order chi connectivity index (χ0) is 17.4. The van der Waals surface area contributed by atoms with E-state index in [9.17, 15) is 19.6 Å². The molecule has 4 amide bonds. The average molecular weight is 340 g/mol. The Labute approximate surface area is 138 Å². The fourth-order valence-electron chi connectivity index (χ4n) is 3.48. The molecule has 132 valence electrons. The molecule has 0 aliphatic carbocycles. The summed E-state index contributed by atoms with van der Waals surface area (Å²) in [6.07, 6.45) is 2.11. The Balaban J connectivity index is 1.56. The van der Waals surface area contributed by atoms with Crippen LogP contribution in [0.5, 0.6) is 0 Å². The third-order valence-corrected chi connectivity index (χ3v) is 4.66. The van der Waals surface area contributed by atoms with E-state index in [0.29, 0.717) is 23.6 Å². The number of hydroxylamine groups is 3. The summed E-state index contributed by atoms with van der Waals surface area (Å²) in [7, 11) is 0. The van der Waals surface area contributed by atoms with E-state index in [1.807, 2.05) is 0 Å². The molecule has 3 aliphatic heterocycles. The van der Waals surface area contributed by atoms with Gasteiger partial charge in [0.1, 0.15) is 6.04 Å². The molecule has 0 unspecified atom stereocenters. The van der Waals surface area contributed by atoms with Crippen molar-refractivity contribution in [3.8, 4) is 0 Å². The molecule has 0 saturated carbocycles. The van der Waals surface area contributed by atoms with Crippen LogP contribution in [-0.4, -0.2) is 81.0 Å². The van der Waals surface area contributed by atoms with Crippen molar-refractivity contribution in [1.29, 1.82) is 0 Å². The van der Waals surface area contributed by atoms with E-state index >= 15 is 0 Å². The van der Waals surface area contributed by atoms with Crippen molar-refractivity contribution in [1.82, 2.24) is 20.3 Å². The van der Waals surface area contributed by atoms with Gasteiger partial charge < -0.3 is 14.9 Å². The van der Waals surface area contributed by atoms with E-state index in [4.69, 9.17) is 9.94 Å². The van der Waals surface area contributed by atoms with Gasteiger partial charge in [-0.3, -0.25) is 14.8 Å². The van der Waals surface area contributed by atoms with Gasteiger partial charge in [0.15, 0.2) is 0 Å². The van der Waals surface area contributed by atoms with Crippen LogP contribution in [0.4, 0.5) is 9.59 Å². The molecule has 10 heteroatoms. The minimum Gasteiger partial charge on any atom is -0.465 e. The number of nitrogens with zero attached hydrogens (tertiary/aromatic N) is 3. The summed E-state index contributed by atoms with van der Waals surface area (Å²) in [4.78, 5) is 43.1. The first-order chi connectivity index (χ1) is 11.4. The van der Waals surface area contributed by atoms with Crippen LogP contribution in [0.2, 0.25) is 0 Å². The lowest BCUT2D eigenvalue weighted by Gasteiger charge is -2.29. The van der Waals surface area contributed by atoms with Crippen LogP contribution in [0, 0.1) is 0 Å². The number of fused-ring (bicyclic) bond motifs is 2. The fraction of sp³-hybridized carbons (Fsp3) is 0.643. The van der Waals surface area contributed by atoms with Crippen molar-refractivity contribution in [2.45, 2.75) is 37.9 Å². The summed E-state index contributed by atoms with van der Waals surface area (Å²) in [6, 6.07) is -2.20. The quantitative estimate of drug-likeness (QED) is 0.376. The highest BCUT2D eigenvalue weighted by Gasteiger charge is 2.46. The van der Waals surface area contributed by atoms with Crippen LogP contribution < -0.4 is 5.48 Å². The molecule has 3 N–H and O–H groups in total. The Hall–Kier alpha value is -2.33. The van der Waals surface area contributed by atoms with Gasteiger partial charge in [-0.15, -0.1) is 0 Å². The second-order valence-corrected chi connectivity index (χ2v) is 6.21. The first kappa shape index (κ1) is 16.5. The minimum absolute atomic E-state index is 0.0518. The zero-order valence-electron chi connectivity index (χ0n) is 13.2. The van der Waals surface area contributed by atoms with Crippen LogP contribution in [0.3, 0.4) is 0 Å². The largest absolute Gasteiger partial charge is 0.465 e. The number of hydrogen-bond donors (Lipinski definition) is 3. The van der Waals surface area contributed by atoms with Crippen molar-refractivity contribution < 1.29 is 29.5 Å². The van der Waals surface area contributed by atoms with Gasteiger partial charge in [-0.05, 0) is 25.3 Å². The van der Waals surface area contributed by atoms with E-state index < -0.39 is 30.1 Å². The van der Waals surface area contributed by atoms with Gasteiger partial charge in [0.05, 0.1) is 25.2 Å². The van der Waals surface area contributed by atoms with Crippen LogP contribution in [-0.2, 0) is 9.63 Å². The lowest BCUT2D eigenvalue weighted by atomic mass is 10.0. The van der Waals surface area contributed by atoms with Gasteiger partial charge in [0.25, 0.3) is 5.91 Å². The topological polar surface area (TPSA) is 123 Å². The predicted molar refractivity (Wildman–Crippen MR) is 78.9 cm³/mol. The molecule has 0 aromatic carbocycles. The number of likely N-dealkylation sites (tertiary alicyclic amines) is 1. The molecule has 24 heavy (non-hydrogen) atoms. The first-order valence-electron chi connectivity index (χ1n) is 7.78. The molecular formula is C14H20N4O6.